The number of methoxy groups -OCH3 is 2. The number of ether oxygens (including phenoxy) is 2. The van der Waals surface area contributed by atoms with Crippen LogP contribution in [0.1, 0.15) is 23.5 Å². The first kappa shape index (κ1) is 4.80. The van der Waals surface area contributed by atoms with Gasteiger partial charge in [-0.25, -0.2) is 0 Å². The van der Waals surface area contributed by atoms with Gasteiger partial charge in [0.2, 0.25) is 0 Å². The molecule has 2 N–H and O–H groups in total. The molecule has 3 nitrogen and oxygen atoms in total. The summed E-state index contributed by atoms with van der Waals surface area (Å²) in [6.07, 6.45) is -5.27. The number of hydrogen-bond donors (Lipinski definition) is 1. The minimum Gasteiger partial charge on any atom is -0.496 e. The highest BCUT2D eigenvalue weighted by atomic mass is 16.5. The van der Waals surface area contributed by atoms with E-state index in [9.17, 15) is 0 Å². The molecular formula is C13H19NO2. The second-order valence-electron chi connectivity index (χ2n) is 2.77. The molecule has 0 aliphatic rings. The van der Waals surface area contributed by atoms with Crippen molar-refractivity contribution in [2.24, 2.45) is 5.73 Å². The Labute approximate surface area is 110 Å². The topological polar surface area (TPSA) is 44.5 Å². The molecule has 0 saturated heterocycles. The second kappa shape index (κ2) is 6.18. The molecule has 0 radical (unpaired) electrons. The molecule has 0 aliphatic heterocycles. The first-order valence-corrected chi connectivity index (χ1v) is 4.42. The standard InChI is InChI=1S/C13H19NO2/c1-4-5-10-8-13(16-3)11(6-7-14)9-12(10)15-2/h4,8-9H,1,5-7,14H2,2-3H3/i1D2,4D,5D2,6D2,7D2. The third kappa shape index (κ3) is 2.76. The van der Waals surface area contributed by atoms with Crippen LogP contribution in [0.25, 0.3) is 0 Å². The zero-order valence-electron chi connectivity index (χ0n) is 18.0. The van der Waals surface area contributed by atoms with Crippen LogP contribution in [0.2, 0.25) is 0 Å². The average molecular weight is 230 g/mol. The highest BCUT2D eigenvalue weighted by Gasteiger charge is 2.09. The van der Waals surface area contributed by atoms with Gasteiger partial charge in [-0.1, -0.05) is 6.05 Å². The lowest BCUT2D eigenvalue weighted by molar-refractivity contribution is 0.395. The Hall–Kier alpha value is -1.48. The summed E-state index contributed by atoms with van der Waals surface area (Å²) in [5.41, 5.74) is 4.72. The van der Waals surface area contributed by atoms with Crippen molar-refractivity contribution in [1.29, 1.82) is 0 Å². The van der Waals surface area contributed by atoms with Crippen LogP contribution in [0.4, 0.5) is 0 Å². The highest BCUT2D eigenvalue weighted by molar-refractivity contribution is 5.47. The van der Waals surface area contributed by atoms with Crippen molar-refractivity contribution in [2.75, 3.05) is 20.7 Å². The molecule has 0 fully saturated rings. The Bertz CT molecular complexity index is 679. The van der Waals surface area contributed by atoms with Crippen molar-refractivity contribution in [2.45, 2.75) is 12.7 Å². The van der Waals surface area contributed by atoms with Crippen LogP contribution in [0.5, 0.6) is 11.5 Å². The zero-order chi connectivity index (χ0) is 19.8. The first-order valence-electron chi connectivity index (χ1n) is 8.92. The molecule has 0 atom stereocenters. The molecule has 0 unspecified atom stereocenters. The second-order valence-corrected chi connectivity index (χ2v) is 2.77. The maximum absolute atomic E-state index is 8.02. The van der Waals surface area contributed by atoms with Crippen molar-refractivity contribution in [3.05, 3.63) is 35.8 Å². The smallest absolute Gasteiger partial charge is 0.122 e. The van der Waals surface area contributed by atoms with Crippen LogP contribution in [-0.2, 0) is 12.7 Å². The van der Waals surface area contributed by atoms with E-state index >= 15 is 0 Å². The van der Waals surface area contributed by atoms with Crippen LogP contribution in [0.3, 0.4) is 0 Å². The average Bonchev–Trinajstić information content (AvgIpc) is 2.51. The molecule has 1 rings (SSSR count). The monoisotopic (exact) mass is 230 g/mol. The maximum atomic E-state index is 8.02. The molecular weight excluding hydrogens is 202 g/mol. The lowest BCUT2D eigenvalue weighted by atomic mass is 10.0. The van der Waals surface area contributed by atoms with Crippen molar-refractivity contribution >= 4 is 0 Å². The largest absolute Gasteiger partial charge is 0.496 e. The summed E-state index contributed by atoms with van der Waals surface area (Å²) in [5.74, 6) is -0.400. The van der Waals surface area contributed by atoms with Gasteiger partial charge in [0.25, 0.3) is 0 Å². The third-order valence-electron chi connectivity index (χ3n) is 1.93. The van der Waals surface area contributed by atoms with E-state index in [1.807, 2.05) is 0 Å². The van der Waals surface area contributed by atoms with E-state index in [-0.39, 0.29) is 22.6 Å². The third-order valence-corrected chi connectivity index (χ3v) is 1.93. The fraction of sp³-hybridized carbons (Fsp3) is 0.385. The lowest BCUT2D eigenvalue weighted by Crippen LogP contribution is -2.05. The van der Waals surface area contributed by atoms with Crippen LogP contribution in [0, 0.1) is 0 Å². The van der Waals surface area contributed by atoms with E-state index in [2.05, 4.69) is 0 Å². The van der Waals surface area contributed by atoms with E-state index in [0.717, 1.165) is 12.1 Å². The van der Waals surface area contributed by atoms with E-state index < -0.39 is 31.8 Å². The fourth-order valence-corrected chi connectivity index (χ4v) is 1.24. The molecule has 88 valence electrons. The summed E-state index contributed by atoms with van der Waals surface area (Å²) in [7, 11) is 2.37. The zero-order valence-corrected chi connectivity index (χ0v) is 9.05. The number of benzene rings is 1. The van der Waals surface area contributed by atoms with Crippen LogP contribution in [0.15, 0.2) is 24.7 Å². The summed E-state index contributed by atoms with van der Waals surface area (Å²) >= 11 is 0. The highest BCUT2D eigenvalue weighted by Crippen LogP contribution is 2.29. The number of nitrogens with two attached hydrogens (primary N) is 1. The molecule has 1 aromatic rings. The van der Waals surface area contributed by atoms with Gasteiger partial charge in [-0.3, -0.25) is 0 Å². The van der Waals surface area contributed by atoms with Crippen LogP contribution < -0.4 is 15.2 Å². The van der Waals surface area contributed by atoms with E-state index in [4.69, 9.17) is 27.5 Å². The number of allylic oxidation sites excluding steroid dienone is 1. The number of rotatable bonds is 6. The van der Waals surface area contributed by atoms with Gasteiger partial charge in [0.1, 0.15) is 11.5 Å². The Morgan fingerprint density at radius 3 is 2.62 bits per heavy atom. The number of aryl methyl sites for hydroxylation is 1. The summed E-state index contributed by atoms with van der Waals surface area (Å²) in [5, 5.41) is 0. The Morgan fingerprint density at radius 2 is 2.06 bits per heavy atom. The van der Waals surface area contributed by atoms with Gasteiger partial charge in [-0.15, -0.1) is 6.53 Å². The number of hydrogen-bond acceptors (Lipinski definition) is 3. The van der Waals surface area contributed by atoms with E-state index in [1.54, 1.807) is 0 Å². The van der Waals surface area contributed by atoms with Crippen molar-refractivity contribution < 1.29 is 21.8 Å². The van der Waals surface area contributed by atoms with Gasteiger partial charge in [-0.2, -0.15) is 0 Å². The molecule has 0 bridgehead atoms. The van der Waals surface area contributed by atoms with Crippen LogP contribution >= 0.6 is 0 Å². The van der Waals surface area contributed by atoms with Gasteiger partial charge < -0.3 is 15.2 Å². The van der Waals surface area contributed by atoms with Gasteiger partial charge in [0.15, 0.2) is 0 Å². The minimum atomic E-state index is -2.76. The van der Waals surface area contributed by atoms with Crippen LogP contribution in [-0.4, -0.2) is 20.7 Å². The summed E-state index contributed by atoms with van der Waals surface area (Å²) in [6, 6.07) is 1.17. The lowest BCUT2D eigenvalue weighted by Gasteiger charge is -2.13. The fourth-order valence-electron chi connectivity index (χ4n) is 1.24. The molecule has 0 amide bonds. The molecule has 1 aromatic carbocycles. The van der Waals surface area contributed by atoms with Crippen molar-refractivity contribution in [1.82, 2.24) is 0 Å². The predicted molar refractivity (Wildman–Crippen MR) is 66.2 cm³/mol. The Morgan fingerprint density at radius 1 is 1.44 bits per heavy atom. The van der Waals surface area contributed by atoms with Gasteiger partial charge in [0, 0.05) is 13.8 Å². The Balaban J connectivity index is 3.77. The van der Waals surface area contributed by atoms with E-state index in [1.165, 1.54) is 14.2 Å². The maximum Gasteiger partial charge on any atom is 0.122 e. The molecule has 0 aliphatic carbocycles. The minimum absolute atomic E-state index is 0.195. The summed E-state index contributed by atoms with van der Waals surface area (Å²) < 4.78 is 78.9. The van der Waals surface area contributed by atoms with Crippen molar-refractivity contribution in [3.63, 3.8) is 0 Å². The Kier molecular flexibility index (Phi) is 1.85. The molecule has 3 heteroatoms. The quantitative estimate of drug-likeness (QED) is 0.760. The van der Waals surface area contributed by atoms with Gasteiger partial charge >= 0.3 is 0 Å². The molecule has 16 heavy (non-hydrogen) atoms. The molecule has 0 saturated carbocycles. The van der Waals surface area contributed by atoms with Crippen molar-refractivity contribution in [3.8, 4) is 11.5 Å². The normalized spacial score (nSPS) is 20.6. The molecule has 0 aromatic heterocycles. The van der Waals surface area contributed by atoms with Gasteiger partial charge in [-0.05, 0) is 36.9 Å². The SMILES string of the molecule is [2H]C([2H])=C([2H])C([2H])([2H])c1cc(OC)c(C([2H])([2H])C([2H])([2H])N)cc1OC. The molecule has 0 heterocycles. The predicted octanol–water partition coefficient (Wildman–Crippen LogP) is 1.93. The summed E-state index contributed by atoms with van der Waals surface area (Å²) in [4.78, 5) is 0. The molecule has 0 spiro atoms. The van der Waals surface area contributed by atoms with Gasteiger partial charge in [0.05, 0.1) is 18.3 Å². The first-order chi connectivity index (χ1) is 11.2. The summed E-state index contributed by atoms with van der Waals surface area (Å²) in [6.45, 7) is -3.79. The van der Waals surface area contributed by atoms with E-state index in [0.29, 0.717) is 0 Å².